The molecule has 0 bridgehead atoms. The zero-order valence-electron chi connectivity index (χ0n) is 24.0. The fourth-order valence-electron chi connectivity index (χ4n) is 5.99. The fourth-order valence-corrected chi connectivity index (χ4v) is 7.00. The van der Waals surface area contributed by atoms with Gasteiger partial charge in [-0.05, 0) is 73.9 Å². The average molecular weight is 604 g/mol. The van der Waals surface area contributed by atoms with Crippen LogP contribution in [0.5, 0.6) is 0 Å². The highest BCUT2D eigenvalue weighted by Crippen LogP contribution is 2.39. The van der Waals surface area contributed by atoms with E-state index >= 15 is 0 Å². The monoisotopic (exact) mass is 603 g/mol. The quantitative estimate of drug-likeness (QED) is 0.258. The molecule has 1 atom stereocenters. The van der Waals surface area contributed by atoms with Crippen molar-refractivity contribution in [2.75, 3.05) is 46.4 Å². The highest BCUT2D eigenvalue weighted by Gasteiger charge is 2.39. The number of nitrogens with zero attached hydrogens (tertiary/aromatic N) is 3. The molecule has 0 radical (unpaired) electrons. The van der Waals surface area contributed by atoms with Gasteiger partial charge in [0.05, 0.1) is 11.1 Å². The number of carbonyl (C=O) groups is 1. The second-order valence-corrected chi connectivity index (χ2v) is 12.6. The minimum atomic E-state index is -4.74. The first-order chi connectivity index (χ1) is 20.1. The molecular formula is C32H37F4N3O2S. The van der Waals surface area contributed by atoms with E-state index in [-0.39, 0.29) is 13.1 Å². The second-order valence-electron chi connectivity index (χ2n) is 11.4. The Morgan fingerprint density at radius 2 is 1.71 bits per heavy atom. The van der Waals surface area contributed by atoms with Crippen molar-refractivity contribution in [1.29, 1.82) is 0 Å². The average Bonchev–Trinajstić information content (AvgIpc) is 2.99. The number of piperidine rings is 1. The van der Waals surface area contributed by atoms with Gasteiger partial charge >= 0.3 is 6.18 Å². The minimum Gasteiger partial charge on any atom is -0.372 e. The van der Waals surface area contributed by atoms with Crippen LogP contribution in [-0.2, 0) is 17.3 Å². The zero-order valence-corrected chi connectivity index (χ0v) is 24.8. The van der Waals surface area contributed by atoms with Crippen LogP contribution in [0, 0.1) is 11.7 Å². The van der Waals surface area contributed by atoms with Gasteiger partial charge in [-0.3, -0.25) is 4.79 Å². The number of piperazine rings is 1. The highest BCUT2D eigenvalue weighted by molar-refractivity contribution is 8.01. The van der Waals surface area contributed by atoms with Crippen molar-refractivity contribution < 1.29 is 27.1 Å². The summed E-state index contributed by atoms with van der Waals surface area (Å²) >= 11 is 1.77. The molecule has 10 heteroatoms. The number of ether oxygens (including phenoxy) is 1. The number of hydrogen-bond donors (Lipinski definition) is 0. The third-order valence-corrected chi connectivity index (χ3v) is 9.68. The molecule has 1 unspecified atom stereocenters. The maximum atomic E-state index is 13.8. The summed E-state index contributed by atoms with van der Waals surface area (Å²) in [7, 11) is 1.68. The van der Waals surface area contributed by atoms with Crippen LogP contribution in [0.2, 0.25) is 0 Å². The van der Waals surface area contributed by atoms with Gasteiger partial charge < -0.3 is 14.5 Å². The van der Waals surface area contributed by atoms with E-state index < -0.39 is 34.6 Å². The molecule has 226 valence electrons. The van der Waals surface area contributed by atoms with Gasteiger partial charge in [0, 0.05) is 63.4 Å². The van der Waals surface area contributed by atoms with E-state index in [1.165, 1.54) is 10.5 Å². The third kappa shape index (κ3) is 7.03. The number of rotatable bonds is 7. The van der Waals surface area contributed by atoms with Gasteiger partial charge in [-0.15, -0.1) is 0 Å². The van der Waals surface area contributed by atoms with Gasteiger partial charge in [-0.1, -0.05) is 36.4 Å². The molecule has 0 aromatic heterocycles. The van der Waals surface area contributed by atoms with Crippen LogP contribution in [0.3, 0.4) is 0 Å². The number of alkyl halides is 3. The Balaban J connectivity index is 1.21. The van der Waals surface area contributed by atoms with Gasteiger partial charge in [0.2, 0.25) is 0 Å². The summed E-state index contributed by atoms with van der Waals surface area (Å²) in [5, 5.41) is 0. The van der Waals surface area contributed by atoms with Gasteiger partial charge in [-0.25, -0.2) is 8.70 Å². The van der Waals surface area contributed by atoms with E-state index in [2.05, 4.69) is 51.7 Å². The molecule has 0 spiro atoms. The molecule has 0 N–H and O–H groups in total. The van der Waals surface area contributed by atoms with Gasteiger partial charge in [-0.2, -0.15) is 13.2 Å². The largest absolute Gasteiger partial charge is 0.417 e. The van der Waals surface area contributed by atoms with Crippen LogP contribution in [0.4, 0.5) is 17.6 Å². The third-order valence-electron chi connectivity index (χ3n) is 8.56. The van der Waals surface area contributed by atoms with E-state index in [1.807, 2.05) is 6.92 Å². The van der Waals surface area contributed by atoms with Crippen LogP contribution in [0.25, 0.3) is 0 Å². The van der Waals surface area contributed by atoms with Gasteiger partial charge in [0.25, 0.3) is 5.91 Å². The van der Waals surface area contributed by atoms with Crippen molar-refractivity contribution in [2.45, 2.75) is 44.4 Å². The molecular weight excluding hydrogens is 566 g/mol. The first-order valence-corrected chi connectivity index (χ1v) is 15.2. The fraction of sp³-hybridized carbons (Fsp3) is 0.469. The lowest BCUT2D eigenvalue weighted by Gasteiger charge is -2.44. The van der Waals surface area contributed by atoms with Crippen molar-refractivity contribution in [3.8, 4) is 0 Å². The molecule has 1 aliphatic carbocycles. The Bertz CT molecular complexity index is 1320. The van der Waals surface area contributed by atoms with Crippen LogP contribution >= 0.6 is 11.9 Å². The van der Waals surface area contributed by atoms with Crippen molar-refractivity contribution in [2.24, 2.45) is 5.92 Å². The van der Waals surface area contributed by atoms with Crippen LogP contribution in [-0.4, -0.2) is 72.0 Å². The predicted molar refractivity (Wildman–Crippen MR) is 157 cm³/mol. The van der Waals surface area contributed by atoms with E-state index in [0.717, 1.165) is 49.0 Å². The first-order valence-electron chi connectivity index (χ1n) is 14.4. The number of halogens is 4. The molecule has 5 rings (SSSR count). The molecule has 2 heterocycles. The molecule has 2 fully saturated rings. The summed E-state index contributed by atoms with van der Waals surface area (Å²) in [5.74, 6) is -0.989. The minimum absolute atomic E-state index is 0.227. The van der Waals surface area contributed by atoms with E-state index in [1.54, 1.807) is 19.1 Å². The molecule has 5 nitrogen and oxygen atoms in total. The lowest BCUT2D eigenvalue weighted by Crippen LogP contribution is -2.52. The van der Waals surface area contributed by atoms with Gasteiger partial charge in [0.15, 0.2) is 0 Å². The number of benzene rings is 2. The van der Waals surface area contributed by atoms with Crippen LogP contribution in [0.15, 0.2) is 71.3 Å². The van der Waals surface area contributed by atoms with Crippen LogP contribution < -0.4 is 0 Å². The summed E-state index contributed by atoms with van der Waals surface area (Å²) in [4.78, 5) is 17.7. The number of hydrogen-bond acceptors (Lipinski definition) is 5. The molecule has 42 heavy (non-hydrogen) atoms. The Morgan fingerprint density at radius 1 is 1.02 bits per heavy atom. The smallest absolute Gasteiger partial charge is 0.372 e. The summed E-state index contributed by atoms with van der Waals surface area (Å²) in [6.45, 7) is 5.41. The van der Waals surface area contributed by atoms with Crippen molar-refractivity contribution in [3.63, 3.8) is 0 Å². The highest BCUT2D eigenvalue weighted by atomic mass is 32.2. The predicted octanol–water partition coefficient (Wildman–Crippen LogP) is 6.78. The molecule has 0 saturated carbocycles. The Morgan fingerprint density at radius 3 is 2.36 bits per heavy atom. The summed E-state index contributed by atoms with van der Waals surface area (Å²) in [5.41, 5.74) is 0.0783. The second kappa shape index (κ2) is 12.8. The standard InChI is InChI=1S/C32H37F4N3O2S/c1-31(41-2)13-10-26(42-39-14-11-24(12-15-39)20-23-6-4-3-5-7-23)22-29(31)37-16-18-38(19-17-37)30(40)27-21-25(33)8-9-28(27)32(34,35)36/h3-10,21-22,24H,11-20H2,1-2H3. The maximum Gasteiger partial charge on any atom is 0.417 e. The van der Waals surface area contributed by atoms with Crippen LogP contribution in [0.1, 0.15) is 47.7 Å². The molecule has 3 aliphatic rings. The number of amides is 1. The summed E-state index contributed by atoms with van der Waals surface area (Å²) < 4.78 is 62.7. The molecule has 2 aromatic rings. The molecule has 2 saturated heterocycles. The lowest BCUT2D eigenvalue weighted by molar-refractivity contribution is -0.138. The molecule has 1 amide bonds. The maximum absolute atomic E-state index is 13.8. The molecule has 2 aliphatic heterocycles. The molecule has 2 aromatic carbocycles. The van der Waals surface area contributed by atoms with Crippen molar-refractivity contribution >= 4 is 17.9 Å². The topological polar surface area (TPSA) is 36.0 Å². The Hall–Kier alpha value is -2.82. The van der Waals surface area contributed by atoms with Crippen molar-refractivity contribution in [3.05, 3.63) is 93.8 Å². The number of methoxy groups -OCH3 is 1. The summed E-state index contributed by atoms with van der Waals surface area (Å²) in [6, 6.07) is 12.7. The van der Waals surface area contributed by atoms with Crippen molar-refractivity contribution in [1.82, 2.24) is 14.1 Å². The normalized spacial score (nSPS) is 22.6. The first kappa shape index (κ1) is 30.6. The van der Waals surface area contributed by atoms with E-state index in [4.69, 9.17) is 4.74 Å². The SMILES string of the molecule is COC1(C)CC=C(SN2CCC(Cc3ccccc3)CC2)C=C1N1CCN(C(=O)c2cc(F)ccc2C(F)(F)F)CC1. The van der Waals surface area contributed by atoms with E-state index in [9.17, 15) is 22.4 Å². The van der Waals surface area contributed by atoms with Gasteiger partial charge in [0.1, 0.15) is 11.4 Å². The Labute approximate surface area is 249 Å². The zero-order chi connectivity index (χ0) is 29.9. The lowest BCUT2D eigenvalue weighted by atomic mass is 9.91. The number of carbonyl (C=O) groups excluding carboxylic acids is 1. The van der Waals surface area contributed by atoms with E-state index in [0.29, 0.717) is 37.6 Å². The Kier molecular flexibility index (Phi) is 9.34. The number of allylic oxidation sites excluding steroid dienone is 1. The summed E-state index contributed by atoms with van der Waals surface area (Å²) in [6.07, 6.45) is 3.72.